The molecule has 0 saturated carbocycles. The Hall–Kier alpha value is -1.20. The summed E-state index contributed by atoms with van der Waals surface area (Å²) < 4.78 is 0.429. The molecule has 0 spiro atoms. The number of alkyl halides is 1. The van der Waals surface area contributed by atoms with Crippen LogP contribution in [-0.4, -0.2) is 16.6 Å². The average molecular weight is 350 g/mol. The van der Waals surface area contributed by atoms with Gasteiger partial charge in [0.15, 0.2) is 5.78 Å². The number of rotatable bonds is 3. The quantitative estimate of drug-likeness (QED) is 0.276. The molecule has 1 aromatic rings. The van der Waals surface area contributed by atoms with Crippen molar-refractivity contribution >= 4 is 45.7 Å². The van der Waals surface area contributed by atoms with Gasteiger partial charge in [-0.3, -0.25) is 14.9 Å². The Morgan fingerprint density at radius 3 is 2.69 bits per heavy atom. The van der Waals surface area contributed by atoms with Gasteiger partial charge in [0.1, 0.15) is 6.07 Å². The first-order valence-electron chi connectivity index (χ1n) is 3.98. The minimum absolute atomic E-state index is 0.128. The molecule has 1 rings (SSSR count). The minimum atomic E-state index is -0.664. The van der Waals surface area contributed by atoms with Crippen molar-refractivity contribution in [3.05, 3.63) is 36.9 Å². The minimum Gasteiger partial charge on any atom is -0.293 e. The number of nitriles is 1. The van der Waals surface area contributed by atoms with E-state index in [9.17, 15) is 14.9 Å². The van der Waals surface area contributed by atoms with Gasteiger partial charge in [-0.25, -0.2) is 0 Å². The third-order valence-electron chi connectivity index (χ3n) is 1.82. The molecule has 0 aliphatic carbocycles. The van der Waals surface area contributed by atoms with Gasteiger partial charge < -0.3 is 0 Å². The maximum atomic E-state index is 11.4. The Bertz CT molecular complexity index is 510. The van der Waals surface area contributed by atoms with Crippen LogP contribution in [0.25, 0.3) is 0 Å². The lowest BCUT2D eigenvalue weighted by atomic mass is 10.1. The van der Waals surface area contributed by atoms with Crippen molar-refractivity contribution in [1.82, 2.24) is 0 Å². The van der Waals surface area contributed by atoms with Crippen molar-refractivity contribution in [3.8, 4) is 6.07 Å². The molecular weight excluding hydrogens is 346 g/mol. The highest BCUT2D eigenvalue weighted by atomic mass is 127. The maximum absolute atomic E-state index is 11.4. The topological polar surface area (TPSA) is 84.0 Å². The van der Waals surface area contributed by atoms with E-state index in [4.69, 9.17) is 16.9 Å². The van der Waals surface area contributed by atoms with E-state index in [0.717, 1.165) is 0 Å². The van der Waals surface area contributed by atoms with Crippen molar-refractivity contribution < 1.29 is 9.72 Å². The molecule has 0 aliphatic rings. The van der Waals surface area contributed by atoms with E-state index in [1.165, 1.54) is 12.1 Å². The lowest BCUT2D eigenvalue weighted by Crippen LogP contribution is -2.06. The van der Waals surface area contributed by atoms with Crippen molar-refractivity contribution in [2.75, 3.05) is 5.88 Å². The number of halogens is 2. The molecule has 0 saturated heterocycles. The third kappa shape index (κ3) is 2.48. The molecule has 0 fully saturated rings. The summed E-state index contributed by atoms with van der Waals surface area (Å²) in [6.45, 7) is 0. The normalized spacial score (nSPS) is 9.56. The van der Waals surface area contributed by atoms with Crippen LogP contribution in [0.3, 0.4) is 0 Å². The Morgan fingerprint density at radius 2 is 2.25 bits per heavy atom. The molecule has 0 radical (unpaired) electrons. The number of Topliss-reactive ketones (excluding diaryl/α,β-unsaturated/α-hetero) is 1. The summed E-state index contributed by atoms with van der Waals surface area (Å²) in [5, 5.41) is 19.5. The molecule has 0 bridgehead atoms. The van der Waals surface area contributed by atoms with Crippen molar-refractivity contribution in [2.24, 2.45) is 0 Å². The lowest BCUT2D eigenvalue weighted by Gasteiger charge is -2.02. The van der Waals surface area contributed by atoms with Crippen LogP contribution in [-0.2, 0) is 0 Å². The van der Waals surface area contributed by atoms with Crippen LogP contribution in [0.2, 0.25) is 0 Å². The maximum Gasteiger partial charge on any atom is 0.281 e. The molecule has 7 heteroatoms. The van der Waals surface area contributed by atoms with Crippen LogP contribution in [0.4, 0.5) is 5.69 Å². The molecule has 1 aromatic carbocycles. The average Bonchev–Trinajstić information content (AvgIpc) is 2.27. The van der Waals surface area contributed by atoms with Gasteiger partial charge in [-0.05, 0) is 28.7 Å². The standard InChI is InChI=1S/C9H4ClIN2O3/c10-3-9(14)6-1-5(4-12)7(11)2-8(6)13(15)16/h1-2H,3H2. The predicted octanol–water partition coefficient (Wildman–Crippen LogP) is 2.49. The van der Waals surface area contributed by atoms with Crippen LogP contribution < -0.4 is 0 Å². The van der Waals surface area contributed by atoms with Crippen molar-refractivity contribution in [3.63, 3.8) is 0 Å². The Balaban J connectivity index is 3.50. The van der Waals surface area contributed by atoms with Crippen molar-refractivity contribution in [1.29, 1.82) is 5.26 Å². The summed E-state index contributed by atoms with van der Waals surface area (Å²) in [5.41, 5.74) is -0.231. The SMILES string of the molecule is N#Cc1cc(C(=O)CCl)c([N+](=O)[O-])cc1I. The van der Waals surface area contributed by atoms with Crippen LogP contribution in [0.15, 0.2) is 12.1 Å². The molecule has 0 amide bonds. The molecule has 0 N–H and O–H groups in total. The van der Waals surface area contributed by atoms with Gasteiger partial charge in [0.25, 0.3) is 5.69 Å². The fourth-order valence-corrected chi connectivity index (χ4v) is 1.81. The number of nitrogens with zero attached hydrogens (tertiary/aromatic N) is 2. The fraction of sp³-hybridized carbons (Fsp3) is 0.111. The molecule has 16 heavy (non-hydrogen) atoms. The Kier molecular flexibility index (Phi) is 4.20. The number of ketones is 1. The van der Waals surface area contributed by atoms with Gasteiger partial charge >= 0.3 is 0 Å². The second-order valence-electron chi connectivity index (χ2n) is 2.77. The first kappa shape index (κ1) is 12.9. The number of benzene rings is 1. The highest BCUT2D eigenvalue weighted by Gasteiger charge is 2.21. The molecule has 0 atom stereocenters. The second kappa shape index (κ2) is 5.23. The number of hydrogen-bond donors (Lipinski definition) is 0. The molecule has 0 aromatic heterocycles. The number of carbonyl (C=O) groups is 1. The Labute approximate surface area is 109 Å². The molecule has 82 valence electrons. The predicted molar refractivity (Wildman–Crippen MR) is 65.6 cm³/mol. The molecule has 0 heterocycles. The molecule has 5 nitrogen and oxygen atoms in total. The summed E-state index contributed by atoms with van der Waals surface area (Å²) in [6, 6.07) is 4.25. The molecular formula is C9H4ClIN2O3. The van der Waals surface area contributed by atoms with Gasteiger partial charge in [-0.1, -0.05) is 0 Å². The van der Waals surface area contributed by atoms with Gasteiger partial charge in [0.05, 0.1) is 21.9 Å². The summed E-state index contributed by atoms with van der Waals surface area (Å²) in [4.78, 5) is 21.4. The van der Waals surface area contributed by atoms with Gasteiger partial charge in [0.2, 0.25) is 0 Å². The summed E-state index contributed by atoms with van der Waals surface area (Å²) in [6.07, 6.45) is 0. The number of hydrogen-bond acceptors (Lipinski definition) is 4. The molecule has 0 aliphatic heterocycles. The number of nitro benzene ring substituents is 1. The van der Waals surface area contributed by atoms with Crippen LogP contribution in [0, 0.1) is 25.0 Å². The largest absolute Gasteiger partial charge is 0.293 e. The van der Waals surface area contributed by atoms with Gasteiger partial charge in [-0.15, -0.1) is 11.6 Å². The van der Waals surface area contributed by atoms with Crippen LogP contribution >= 0.6 is 34.2 Å². The first-order valence-corrected chi connectivity index (χ1v) is 5.59. The summed E-state index contributed by atoms with van der Waals surface area (Å²) in [5.74, 6) is -0.923. The third-order valence-corrected chi connectivity index (χ3v) is 2.96. The smallest absolute Gasteiger partial charge is 0.281 e. The summed E-state index contributed by atoms with van der Waals surface area (Å²) in [7, 11) is 0. The van der Waals surface area contributed by atoms with Crippen LogP contribution in [0.5, 0.6) is 0 Å². The van der Waals surface area contributed by atoms with Crippen LogP contribution in [0.1, 0.15) is 15.9 Å². The van der Waals surface area contributed by atoms with E-state index in [1.54, 1.807) is 22.6 Å². The Morgan fingerprint density at radius 1 is 1.62 bits per heavy atom. The summed E-state index contributed by atoms with van der Waals surface area (Å²) >= 11 is 7.14. The van der Waals surface area contributed by atoms with E-state index in [1.807, 2.05) is 6.07 Å². The monoisotopic (exact) mass is 350 g/mol. The zero-order valence-electron chi connectivity index (χ0n) is 7.74. The first-order chi connectivity index (χ1) is 7.51. The van der Waals surface area contributed by atoms with Crippen molar-refractivity contribution in [2.45, 2.75) is 0 Å². The van der Waals surface area contributed by atoms with E-state index in [2.05, 4.69) is 0 Å². The van der Waals surface area contributed by atoms with Gasteiger partial charge in [-0.2, -0.15) is 5.26 Å². The van der Waals surface area contributed by atoms with E-state index >= 15 is 0 Å². The highest BCUT2D eigenvalue weighted by Crippen LogP contribution is 2.25. The number of carbonyl (C=O) groups excluding carboxylic acids is 1. The highest BCUT2D eigenvalue weighted by molar-refractivity contribution is 14.1. The van der Waals surface area contributed by atoms with Gasteiger partial charge in [0, 0.05) is 9.64 Å². The van der Waals surface area contributed by atoms with E-state index in [0.29, 0.717) is 3.57 Å². The second-order valence-corrected chi connectivity index (χ2v) is 4.20. The zero-order valence-corrected chi connectivity index (χ0v) is 10.7. The zero-order chi connectivity index (χ0) is 12.3. The number of nitro groups is 1. The molecule has 0 unspecified atom stereocenters. The van der Waals surface area contributed by atoms with E-state index in [-0.39, 0.29) is 22.7 Å². The lowest BCUT2D eigenvalue weighted by molar-refractivity contribution is -0.385. The fourth-order valence-electron chi connectivity index (χ4n) is 1.09. The van der Waals surface area contributed by atoms with E-state index < -0.39 is 10.7 Å².